The van der Waals surface area contributed by atoms with Gasteiger partial charge in [-0.1, -0.05) is 18.2 Å². The van der Waals surface area contributed by atoms with E-state index in [1.807, 2.05) is 30.3 Å². The molecule has 1 fully saturated rings. The van der Waals surface area contributed by atoms with Crippen LogP contribution in [-0.4, -0.2) is 42.5 Å². The van der Waals surface area contributed by atoms with Crippen molar-refractivity contribution in [3.63, 3.8) is 0 Å². The fourth-order valence-electron chi connectivity index (χ4n) is 3.33. The lowest BCUT2D eigenvalue weighted by Gasteiger charge is -2.32. The summed E-state index contributed by atoms with van der Waals surface area (Å²) in [5.74, 6) is -4.49. The number of carbonyl (C=O) groups excluding carboxylic acids is 2. The van der Waals surface area contributed by atoms with Crippen molar-refractivity contribution in [2.24, 2.45) is 0 Å². The molecule has 1 N–H and O–H groups in total. The van der Waals surface area contributed by atoms with Crippen LogP contribution < -0.4 is 10.1 Å². The van der Waals surface area contributed by atoms with E-state index in [1.54, 1.807) is 0 Å². The van der Waals surface area contributed by atoms with Crippen LogP contribution in [0.4, 0.5) is 13.2 Å². The summed E-state index contributed by atoms with van der Waals surface area (Å²) in [5, 5.41) is 2.93. The van der Waals surface area contributed by atoms with Crippen LogP contribution in [0.25, 0.3) is 0 Å². The third-order valence-electron chi connectivity index (χ3n) is 4.97. The third-order valence-corrected chi connectivity index (χ3v) is 4.97. The topological polar surface area (TPSA) is 58.6 Å². The monoisotopic (exact) mass is 420 g/mol. The molecule has 1 heterocycles. The smallest absolute Gasteiger partial charge is 0.256 e. The maximum atomic E-state index is 13.8. The van der Waals surface area contributed by atoms with Gasteiger partial charge in [-0.25, -0.2) is 13.2 Å². The number of piperidine rings is 1. The van der Waals surface area contributed by atoms with Gasteiger partial charge in [0.1, 0.15) is 5.75 Å². The van der Waals surface area contributed by atoms with Gasteiger partial charge in [0, 0.05) is 25.6 Å². The first-order chi connectivity index (χ1) is 14.5. The highest BCUT2D eigenvalue weighted by Gasteiger charge is 2.27. The van der Waals surface area contributed by atoms with Gasteiger partial charge in [0.15, 0.2) is 17.5 Å². The molecule has 0 aromatic heterocycles. The van der Waals surface area contributed by atoms with Crippen LogP contribution in [0.1, 0.15) is 36.0 Å². The number of hydrogen-bond acceptors (Lipinski definition) is 3. The van der Waals surface area contributed by atoms with Gasteiger partial charge in [-0.05, 0) is 43.5 Å². The standard InChI is InChI=1S/C22H23F3N2O3/c23-18-9-8-17(20(24)21(18)25)22(29)27-12-10-15(11-13-27)26-19(28)7-4-14-30-16-5-2-1-3-6-16/h1-3,5-6,8-9,15H,4,7,10-14H2,(H,26,28). The second-order valence-corrected chi connectivity index (χ2v) is 7.12. The molecule has 1 saturated heterocycles. The average Bonchev–Trinajstić information content (AvgIpc) is 2.76. The van der Waals surface area contributed by atoms with Crippen molar-refractivity contribution < 1.29 is 27.5 Å². The van der Waals surface area contributed by atoms with E-state index >= 15 is 0 Å². The molecule has 0 bridgehead atoms. The number of ether oxygens (including phenoxy) is 1. The van der Waals surface area contributed by atoms with Crippen molar-refractivity contribution in [2.75, 3.05) is 19.7 Å². The first-order valence-electron chi connectivity index (χ1n) is 9.85. The first-order valence-corrected chi connectivity index (χ1v) is 9.85. The van der Waals surface area contributed by atoms with Crippen molar-refractivity contribution in [3.8, 4) is 5.75 Å². The molecule has 5 nitrogen and oxygen atoms in total. The minimum absolute atomic E-state index is 0.0913. The summed E-state index contributed by atoms with van der Waals surface area (Å²) < 4.78 is 45.8. The van der Waals surface area contributed by atoms with Crippen LogP contribution in [0.15, 0.2) is 42.5 Å². The fraction of sp³-hybridized carbons (Fsp3) is 0.364. The van der Waals surface area contributed by atoms with Gasteiger partial charge in [0.25, 0.3) is 5.91 Å². The third kappa shape index (κ3) is 5.52. The Hall–Kier alpha value is -3.03. The average molecular weight is 420 g/mol. The Labute approximate surface area is 172 Å². The van der Waals surface area contributed by atoms with E-state index in [0.29, 0.717) is 45.4 Å². The summed E-state index contributed by atoms with van der Waals surface area (Å²) in [6.45, 7) is 1.02. The molecule has 2 amide bonds. The summed E-state index contributed by atoms with van der Waals surface area (Å²) >= 11 is 0. The number of rotatable bonds is 7. The van der Waals surface area contributed by atoms with Crippen LogP contribution in [0.2, 0.25) is 0 Å². The van der Waals surface area contributed by atoms with Crippen molar-refractivity contribution in [2.45, 2.75) is 31.7 Å². The molecule has 2 aromatic rings. The predicted octanol–water partition coefficient (Wildman–Crippen LogP) is 3.68. The zero-order valence-corrected chi connectivity index (χ0v) is 16.4. The first kappa shape index (κ1) is 21.7. The molecule has 3 rings (SSSR count). The Morgan fingerprint density at radius 3 is 2.40 bits per heavy atom. The molecule has 8 heteroatoms. The van der Waals surface area contributed by atoms with E-state index < -0.39 is 28.9 Å². The molecule has 0 spiro atoms. The number of nitrogens with zero attached hydrogens (tertiary/aromatic N) is 1. The lowest BCUT2D eigenvalue weighted by molar-refractivity contribution is -0.122. The van der Waals surface area contributed by atoms with Crippen LogP contribution in [0.5, 0.6) is 5.75 Å². The van der Waals surface area contributed by atoms with Gasteiger partial charge in [0.2, 0.25) is 5.91 Å². The van der Waals surface area contributed by atoms with E-state index in [2.05, 4.69) is 5.32 Å². The minimum atomic E-state index is -1.65. The summed E-state index contributed by atoms with van der Waals surface area (Å²) in [4.78, 5) is 25.9. The molecule has 0 unspecified atom stereocenters. The van der Waals surface area contributed by atoms with E-state index in [-0.39, 0.29) is 11.9 Å². The molecule has 1 aliphatic rings. The molecule has 0 aliphatic carbocycles. The second-order valence-electron chi connectivity index (χ2n) is 7.12. The molecular formula is C22H23F3N2O3. The van der Waals surface area contributed by atoms with Crippen LogP contribution in [0.3, 0.4) is 0 Å². The number of para-hydroxylation sites is 1. The Morgan fingerprint density at radius 2 is 1.70 bits per heavy atom. The SMILES string of the molecule is O=C(CCCOc1ccccc1)NC1CCN(C(=O)c2ccc(F)c(F)c2F)CC1. The van der Waals surface area contributed by atoms with Crippen molar-refractivity contribution in [1.82, 2.24) is 10.2 Å². The molecule has 0 atom stereocenters. The van der Waals surface area contributed by atoms with E-state index in [0.717, 1.165) is 17.9 Å². The summed E-state index contributed by atoms with van der Waals surface area (Å²) in [6.07, 6.45) is 1.91. The minimum Gasteiger partial charge on any atom is -0.494 e. The Bertz CT molecular complexity index is 885. The molecular weight excluding hydrogens is 397 g/mol. The van der Waals surface area contributed by atoms with Crippen molar-refractivity contribution >= 4 is 11.8 Å². The highest BCUT2D eigenvalue weighted by atomic mass is 19.2. The Morgan fingerprint density at radius 1 is 1.00 bits per heavy atom. The molecule has 2 aromatic carbocycles. The van der Waals surface area contributed by atoms with Gasteiger partial charge < -0.3 is 15.0 Å². The Balaban J connectivity index is 1.39. The zero-order chi connectivity index (χ0) is 21.5. The normalized spacial score (nSPS) is 14.4. The number of nitrogens with one attached hydrogen (secondary N) is 1. The van der Waals surface area contributed by atoms with Crippen LogP contribution in [-0.2, 0) is 4.79 Å². The number of halogens is 3. The van der Waals surface area contributed by atoms with Gasteiger partial charge in [0.05, 0.1) is 12.2 Å². The lowest BCUT2D eigenvalue weighted by atomic mass is 10.0. The van der Waals surface area contributed by atoms with Crippen LogP contribution in [0, 0.1) is 17.5 Å². The van der Waals surface area contributed by atoms with Crippen molar-refractivity contribution in [1.29, 1.82) is 0 Å². The number of hydrogen-bond donors (Lipinski definition) is 1. The Kier molecular flexibility index (Phi) is 7.32. The molecule has 1 aliphatic heterocycles. The molecule has 160 valence electrons. The van der Waals surface area contributed by atoms with Crippen LogP contribution >= 0.6 is 0 Å². The summed E-state index contributed by atoms with van der Waals surface area (Å²) in [6, 6.07) is 10.9. The fourth-order valence-corrected chi connectivity index (χ4v) is 3.33. The molecule has 0 radical (unpaired) electrons. The maximum absolute atomic E-state index is 13.8. The summed E-state index contributed by atoms with van der Waals surface area (Å²) in [7, 11) is 0. The molecule has 30 heavy (non-hydrogen) atoms. The summed E-state index contributed by atoms with van der Waals surface area (Å²) in [5.41, 5.74) is -0.491. The number of benzene rings is 2. The number of likely N-dealkylation sites (tertiary alicyclic amines) is 1. The number of carbonyl (C=O) groups is 2. The van der Waals surface area contributed by atoms with E-state index in [4.69, 9.17) is 4.74 Å². The van der Waals surface area contributed by atoms with Gasteiger partial charge in [-0.2, -0.15) is 0 Å². The zero-order valence-electron chi connectivity index (χ0n) is 16.4. The lowest BCUT2D eigenvalue weighted by Crippen LogP contribution is -2.46. The molecule has 0 saturated carbocycles. The van der Waals surface area contributed by atoms with E-state index in [9.17, 15) is 22.8 Å². The highest BCUT2D eigenvalue weighted by molar-refractivity contribution is 5.94. The van der Waals surface area contributed by atoms with E-state index in [1.165, 1.54) is 4.90 Å². The highest BCUT2D eigenvalue weighted by Crippen LogP contribution is 2.19. The van der Waals surface area contributed by atoms with Gasteiger partial charge in [-0.3, -0.25) is 9.59 Å². The number of amides is 2. The largest absolute Gasteiger partial charge is 0.494 e. The van der Waals surface area contributed by atoms with Gasteiger partial charge in [-0.15, -0.1) is 0 Å². The quantitative estimate of drug-likeness (QED) is 0.549. The van der Waals surface area contributed by atoms with Gasteiger partial charge >= 0.3 is 0 Å². The predicted molar refractivity (Wildman–Crippen MR) is 105 cm³/mol. The maximum Gasteiger partial charge on any atom is 0.256 e. The van der Waals surface area contributed by atoms with Crippen molar-refractivity contribution in [3.05, 3.63) is 65.5 Å². The second kappa shape index (κ2) is 10.1.